The van der Waals surface area contributed by atoms with Crippen LogP contribution in [-0.2, 0) is 16.1 Å². The Morgan fingerprint density at radius 3 is 2.59 bits per heavy atom. The zero-order valence-electron chi connectivity index (χ0n) is 18.9. The SMILES string of the molecule is CC(C)COc1ccc(C(=O)NC(=Cc2ccc3c(c2)OCO3)C(=O)OCc2ccco2)cc1. The molecule has 1 aromatic heterocycles. The Hall–Kier alpha value is -4.20. The summed E-state index contributed by atoms with van der Waals surface area (Å²) in [6.07, 6.45) is 3.01. The van der Waals surface area contributed by atoms with E-state index in [2.05, 4.69) is 19.2 Å². The van der Waals surface area contributed by atoms with Crippen LogP contribution in [0.2, 0.25) is 0 Å². The molecule has 0 radical (unpaired) electrons. The molecule has 2 aromatic carbocycles. The van der Waals surface area contributed by atoms with Gasteiger partial charge in [-0.1, -0.05) is 19.9 Å². The maximum Gasteiger partial charge on any atom is 0.355 e. The molecule has 0 bridgehead atoms. The van der Waals surface area contributed by atoms with Gasteiger partial charge in [-0.2, -0.15) is 0 Å². The molecule has 1 N–H and O–H groups in total. The number of rotatable bonds is 9. The highest BCUT2D eigenvalue weighted by atomic mass is 16.7. The lowest BCUT2D eigenvalue weighted by atomic mass is 10.1. The van der Waals surface area contributed by atoms with Gasteiger partial charge in [-0.3, -0.25) is 4.79 Å². The highest BCUT2D eigenvalue weighted by Crippen LogP contribution is 2.33. The number of amides is 1. The lowest BCUT2D eigenvalue weighted by molar-refractivity contribution is -0.141. The minimum absolute atomic E-state index is 0.0319. The van der Waals surface area contributed by atoms with Gasteiger partial charge in [0.25, 0.3) is 5.91 Å². The van der Waals surface area contributed by atoms with E-state index in [4.69, 9.17) is 23.4 Å². The van der Waals surface area contributed by atoms with Crippen LogP contribution in [0.4, 0.5) is 0 Å². The Morgan fingerprint density at radius 1 is 1.06 bits per heavy atom. The highest BCUT2D eigenvalue weighted by Gasteiger charge is 2.18. The molecule has 4 rings (SSSR count). The van der Waals surface area contributed by atoms with Crippen LogP contribution in [0.25, 0.3) is 6.08 Å². The Kier molecular flexibility index (Phi) is 7.17. The van der Waals surface area contributed by atoms with E-state index in [1.165, 1.54) is 12.3 Å². The number of nitrogens with one attached hydrogen (secondary N) is 1. The summed E-state index contributed by atoms with van der Waals surface area (Å²) in [6, 6.07) is 15.3. The Bertz CT molecular complexity index is 1160. The molecule has 0 spiro atoms. The quantitative estimate of drug-likeness (QED) is 0.367. The first-order valence-electron chi connectivity index (χ1n) is 10.8. The average molecular weight is 463 g/mol. The van der Waals surface area contributed by atoms with Crippen molar-refractivity contribution in [3.63, 3.8) is 0 Å². The van der Waals surface area contributed by atoms with Crippen molar-refractivity contribution < 1.29 is 33.0 Å². The molecule has 3 aromatic rings. The second kappa shape index (κ2) is 10.6. The third-order valence-corrected chi connectivity index (χ3v) is 4.80. The lowest BCUT2D eigenvalue weighted by Crippen LogP contribution is -2.28. The van der Waals surface area contributed by atoms with Crippen molar-refractivity contribution in [2.24, 2.45) is 5.92 Å². The number of esters is 1. The van der Waals surface area contributed by atoms with Crippen LogP contribution in [0.5, 0.6) is 17.2 Å². The highest BCUT2D eigenvalue weighted by molar-refractivity contribution is 6.03. The normalized spacial score (nSPS) is 12.5. The van der Waals surface area contributed by atoms with Crippen LogP contribution in [0.1, 0.15) is 35.5 Å². The fraction of sp³-hybridized carbons (Fsp3) is 0.231. The third-order valence-electron chi connectivity index (χ3n) is 4.80. The van der Waals surface area contributed by atoms with Gasteiger partial charge in [0.15, 0.2) is 11.5 Å². The van der Waals surface area contributed by atoms with E-state index in [-0.39, 0.29) is 19.1 Å². The second-order valence-electron chi connectivity index (χ2n) is 8.01. The fourth-order valence-corrected chi connectivity index (χ4v) is 3.08. The number of hydrogen-bond acceptors (Lipinski definition) is 7. The number of furan rings is 1. The van der Waals surface area contributed by atoms with E-state index in [0.29, 0.717) is 46.7 Å². The first-order valence-corrected chi connectivity index (χ1v) is 10.8. The molecule has 8 nitrogen and oxygen atoms in total. The largest absolute Gasteiger partial charge is 0.493 e. The smallest absolute Gasteiger partial charge is 0.355 e. The molecule has 34 heavy (non-hydrogen) atoms. The molecule has 0 saturated carbocycles. The van der Waals surface area contributed by atoms with Crippen LogP contribution in [-0.4, -0.2) is 25.3 Å². The number of carbonyl (C=O) groups excluding carboxylic acids is 2. The summed E-state index contributed by atoms with van der Waals surface area (Å²) in [7, 11) is 0. The maximum absolute atomic E-state index is 12.9. The van der Waals surface area contributed by atoms with Gasteiger partial charge in [0.05, 0.1) is 12.9 Å². The molecule has 0 aliphatic carbocycles. The summed E-state index contributed by atoms with van der Waals surface area (Å²) in [5.41, 5.74) is 0.967. The van der Waals surface area contributed by atoms with Gasteiger partial charge in [0.1, 0.15) is 23.8 Å². The van der Waals surface area contributed by atoms with E-state index in [0.717, 1.165) is 0 Å². The third kappa shape index (κ3) is 5.98. The van der Waals surface area contributed by atoms with E-state index in [1.54, 1.807) is 54.6 Å². The lowest BCUT2D eigenvalue weighted by Gasteiger charge is -2.11. The predicted molar refractivity (Wildman–Crippen MR) is 123 cm³/mol. The van der Waals surface area contributed by atoms with Gasteiger partial charge in [0, 0.05) is 5.56 Å². The zero-order valence-corrected chi connectivity index (χ0v) is 18.9. The molecule has 176 valence electrons. The summed E-state index contributed by atoms with van der Waals surface area (Å²) in [5.74, 6) is 1.54. The van der Waals surface area contributed by atoms with Crippen molar-refractivity contribution in [2.75, 3.05) is 13.4 Å². The second-order valence-corrected chi connectivity index (χ2v) is 8.01. The number of carbonyl (C=O) groups is 2. The van der Waals surface area contributed by atoms with Gasteiger partial charge >= 0.3 is 5.97 Å². The summed E-state index contributed by atoms with van der Waals surface area (Å²) < 4.78 is 26.9. The van der Waals surface area contributed by atoms with E-state index in [1.807, 2.05) is 0 Å². The molecular formula is C26H25NO7. The van der Waals surface area contributed by atoms with E-state index < -0.39 is 11.9 Å². The molecule has 2 heterocycles. The number of fused-ring (bicyclic) bond motifs is 1. The van der Waals surface area contributed by atoms with Gasteiger partial charge < -0.3 is 28.7 Å². The molecule has 0 atom stereocenters. The Morgan fingerprint density at radius 2 is 1.85 bits per heavy atom. The van der Waals surface area contributed by atoms with Crippen LogP contribution < -0.4 is 19.5 Å². The Labute approximate surface area is 197 Å². The summed E-state index contributed by atoms with van der Waals surface area (Å²) >= 11 is 0. The topological polar surface area (TPSA) is 96.2 Å². The minimum Gasteiger partial charge on any atom is -0.493 e. The van der Waals surface area contributed by atoms with Crippen molar-refractivity contribution >= 4 is 18.0 Å². The van der Waals surface area contributed by atoms with Crippen LogP contribution >= 0.6 is 0 Å². The van der Waals surface area contributed by atoms with Crippen LogP contribution in [0.3, 0.4) is 0 Å². The van der Waals surface area contributed by atoms with Gasteiger partial charge in [-0.15, -0.1) is 0 Å². The Balaban J connectivity index is 1.51. The molecule has 0 unspecified atom stereocenters. The van der Waals surface area contributed by atoms with Gasteiger partial charge in [0.2, 0.25) is 6.79 Å². The van der Waals surface area contributed by atoms with E-state index >= 15 is 0 Å². The summed E-state index contributed by atoms with van der Waals surface area (Å²) in [5, 5.41) is 2.65. The standard InChI is InChI=1S/C26H25NO7/c1-17(2)14-31-20-8-6-19(7-9-20)25(28)27-22(26(29)32-15-21-4-3-11-30-21)12-18-5-10-23-24(13-18)34-16-33-23/h3-13,17H,14-16H2,1-2H3,(H,27,28). The van der Waals surface area contributed by atoms with Crippen molar-refractivity contribution in [1.29, 1.82) is 0 Å². The van der Waals surface area contributed by atoms with Crippen molar-refractivity contribution in [1.82, 2.24) is 5.32 Å². The summed E-state index contributed by atoms with van der Waals surface area (Å²) in [4.78, 5) is 25.7. The predicted octanol–water partition coefficient (Wildman–Crippen LogP) is 4.56. The first kappa shape index (κ1) is 23.0. The molecule has 8 heteroatoms. The average Bonchev–Trinajstić information content (AvgIpc) is 3.52. The van der Waals surface area contributed by atoms with Crippen molar-refractivity contribution in [3.05, 3.63) is 83.4 Å². The van der Waals surface area contributed by atoms with Gasteiger partial charge in [-0.05, 0) is 66.1 Å². The molecule has 1 amide bonds. The molecular weight excluding hydrogens is 438 g/mol. The van der Waals surface area contributed by atoms with Crippen molar-refractivity contribution in [3.8, 4) is 17.2 Å². The number of hydrogen-bond donors (Lipinski definition) is 1. The summed E-state index contributed by atoms with van der Waals surface area (Å²) in [6.45, 7) is 4.76. The molecule has 0 fully saturated rings. The van der Waals surface area contributed by atoms with Crippen molar-refractivity contribution in [2.45, 2.75) is 20.5 Å². The molecule has 1 aliphatic rings. The molecule has 1 aliphatic heterocycles. The first-order chi connectivity index (χ1) is 16.5. The maximum atomic E-state index is 12.9. The molecule has 0 saturated heterocycles. The fourth-order valence-electron chi connectivity index (χ4n) is 3.08. The van der Waals surface area contributed by atoms with Gasteiger partial charge in [-0.25, -0.2) is 4.79 Å². The number of benzene rings is 2. The van der Waals surface area contributed by atoms with Crippen LogP contribution in [0.15, 0.2) is 71.0 Å². The van der Waals surface area contributed by atoms with E-state index in [9.17, 15) is 9.59 Å². The monoisotopic (exact) mass is 463 g/mol. The minimum atomic E-state index is -0.709. The number of ether oxygens (including phenoxy) is 4. The van der Waals surface area contributed by atoms with Crippen LogP contribution in [0, 0.1) is 5.92 Å². The zero-order chi connectivity index (χ0) is 23.9.